The van der Waals surface area contributed by atoms with E-state index in [0.29, 0.717) is 11.3 Å². The molecule has 1 unspecified atom stereocenters. The van der Waals surface area contributed by atoms with E-state index in [-0.39, 0.29) is 12.1 Å². The van der Waals surface area contributed by atoms with Gasteiger partial charge >= 0.3 is 0 Å². The van der Waals surface area contributed by atoms with Crippen molar-refractivity contribution in [2.75, 3.05) is 0 Å². The smallest absolute Gasteiger partial charge is 0.292 e. The van der Waals surface area contributed by atoms with Crippen LogP contribution >= 0.6 is 0 Å². The van der Waals surface area contributed by atoms with Gasteiger partial charge in [0.05, 0.1) is 17.7 Å². The summed E-state index contributed by atoms with van der Waals surface area (Å²) in [7, 11) is 0. The van der Waals surface area contributed by atoms with Crippen LogP contribution in [0.25, 0.3) is 10.9 Å². The van der Waals surface area contributed by atoms with Crippen molar-refractivity contribution in [2.45, 2.75) is 39.8 Å². The minimum Gasteiger partial charge on any atom is -0.491 e. The maximum absolute atomic E-state index is 12.7. The topological polar surface area (TPSA) is 71.2 Å². The summed E-state index contributed by atoms with van der Waals surface area (Å²) in [6, 6.07) is 14.7. The van der Waals surface area contributed by atoms with Gasteiger partial charge in [0.25, 0.3) is 11.7 Å². The number of hydrogen-bond donors (Lipinski definition) is 2. The van der Waals surface area contributed by atoms with Gasteiger partial charge in [-0.1, -0.05) is 30.3 Å². The van der Waals surface area contributed by atoms with Crippen LogP contribution in [0.5, 0.6) is 5.75 Å². The standard InChI is InChI=1S/C22H24N2O3/c1-13(2)27-17-11-9-16(10-12-17)14(3)24-22(26)21(25)20-15(4)23-19-8-6-5-7-18(19)20/h5-14,23H,1-4H3,(H,24,26). The molecule has 3 rings (SSSR count). The second-order valence-corrected chi connectivity index (χ2v) is 6.93. The number of nitrogens with one attached hydrogen (secondary N) is 2. The number of hydrogen-bond acceptors (Lipinski definition) is 3. The first-order valence-corrected chi connectivity index (χ1v) is 9.06. The Bertz CT molecular complexity index is 971. The van der Waals surface area contributed by atoms with Gasteiger partial charge in [0.2, 0.25) is 0 Å². The predicted molar refractivity (Wildman–Crippen MR) is 106 cm³/mol. The largest absolute Gasteiger partial charge is 0.491 e. The maximum atomic E-state index is 12.7. The lowest BCUT2D eigenvalue weighted by Crippen LogP contribution is -2.33. The fourth-order valence-electron chi connectivity index (χ4n) is 3.14. The molecule has 0 aliphatic heterocycles. The average Bonchev–Trinajstić information content (AvgIpc) is 2.96. The number of ether oxygens (including phenoxy) is 1. The van der Waals surface area contributed by atoms with Crippen molar-refractivity contribution >= 4 is 22.6 Å². The quantitative estimate of drug-likeness (QED) is 0.505. The number of ketones is 1. The number of rotatable bonds is 6. The summed E-state index contributed by atoms with van der Waals surface area (Å²) in [4.78, 5) is 28.4. The molecule has 2 aromatic carbocycles. The van der Waals surface area contributed by atoms with E-state index in [1.807, 2.05) is 69.3 Å². The lowest BCUT2D eigenvalue weighted by atomic mass is 10.0. The summed E-state index contributed by atoms with van der Waals surface area (Å²) in [6.07, 6.45) is 0.102. The van der Waals surface area contributed by atoms with E-state index >= 15 is 0 Å². The van der Waals surface area contributed by atoms with Crippen molar-refractivity contribution in [1.29, 1.82) is 0 Å². The molecule has 0 aliphatic carbocycles. The summed E-state index contributed by atoms with van der Waals surface area (Å²) in [6.45, 7) is 7.59. The molecule has 27 heavy (non-hydrogen) atoms. The second-order valence-electron chi connectivity index (χ2n) is 6.93. The number of aromatic amines is 1. The number of carbonyl (C=O) groups excluding carboxylic acids is 2. The van der Waals surface area contributed by atoms with Crippen LogP contribution < -0.4 is 10.1 Å². The number of amides is 1. The van der Waals surface area contributed by atoms with Crippen LogP contribution in [0, 0.1) is 6.92 Å². The summed E-state index contributed by atoms with van der Waals surface area (Å²) in [5.74, 6) is -0.368. The van der Waals surface area contributed by atoms with Crippen molar-refractivity contribution < 1.29 is 14.3 Å². The summed E-state index contributed by atoms with van der Waals surface area (Å²) >= 11 is 0. The zero-order valence-corrected chi connectivity index (χ0v) is 16.0. The molecular weight excluding hydrogens is 340 g/mol. The minimum absolute atomic E-state index is 0.102. The van der Waals surface area contributed by atoms with E-state index in [0.717, 1.165) is 22.2 Å². The average molecular weight is 364 g/mol. The first-order chi connectivity index (χ1) is 12.9. The van der Waals surface area contributed by atoms with Gasteiger partial charge in [-0.25, -0.2) is 0 Å². The molecule has 2 N–H and O–H groups in total. The normalized spacial score (nSPS) is 12.2. The van der Waals surface area contributed by atoms with E-state index in [2.05, 4.69) is 10.3 Å². The number of Topliss-reactive ketones (excluding diaryl/α,β-unsaturated/α-hetero) is 1. The molecule has 0 radical (unpaired) electrons. The molecule has 0 fully saturated rings. The lowest BCUT2D eigenvalue weighted by molar-refractivity contribution is -0.117. The predicted octanol–water partition coefficient (Wildman–Crippen LogP) is 4.32. The highest BCUT2D eigenvalue weighted by Gasteiger charge is 2.24. The van der Waals surface area contributed by atoms with Gasteiger partial charge in [0.1, 0.15) is 5.75 Å². The molecule has 1 amide bonds. The van der Waals surface area contributed by atoms with Gasteiger partial charge in [-0.3, -0.25) is 9.59 Å². The van der Waals surface area contributed by atoms with E-state index in [4.69, 9.17) is 4.74 Å². The molecular formula is C22H24N2O3. The fraction of sp³-hybridized carbons (Fsp3) is 0.273. The van der Waals surface area contributed by atoms with Gasteiger partial charge in [0.15, 0.2) is 0 Å². The van der Waals surface area contributed by atoms with Crippen LogP contribution in [-0.2, 0) is 4.79 Å². The Balaban J connectivity index is 1.74. The number of carbonyl (C=O) groups is 2. The van der Waals surface area contributed by atoms with Gasteiger partial charge < -0.3 is 15.0 Å². The number of benzene rings is 2. The monoisotopic (exact) mass is 364 g/mol. The lowest BCUT2D eigenvalue weighted by Gasteiger charge is -2.15. The third-order valence-electron chi connectivity index (χ3n) is 4.43. The number of aromatic nitrogens is 1. The van der Waals surface area contributed by atoms with Crippen LogP contribution in [0.4, 0.5) is 0 Å². The molecule has 3 aromatic rings. The number of aryl methyl sites for hydroxylation is 1. The molecule has 5 heteroatoms. The Morgan fingerprint density at radius 2 is 1.67 bits per heavy atom. The van der Waals surface area contributed by atoms with Crippen LogP contribution in [0.2, 0.25) is 0 Å². The van der Waals surface area contributed by atoms with Crippen molar-refractivity contribution in [2.24, 2.45) is 0 Å². The Morgan fingerprint density at radius 3 is 2.33 bits per heavy atom. The Morgan fingerprint density at radius 1 is 1.00 bits per heavy atom. The minimum atomic E-state index is -0.613. The molecule has 1 atom stereocenters. The van der Waals surface area contributed by atoms with Gasteiger partial charge in [-0.15, -0.1) is 0 Å². The summed E-state index contributed by atoms with van der Waals surface area (Å²) in [5, 5.41) is 3.56. The van der Waals surface area contributed by atoms with Gasteiger partial charge in [0, 0.05) is 16.6 Å². The van der Waals surface area contributed by atoms with Crippen molar-refractivity contribution in [3.05, 3.63) is 65.4 Å². The third kappa shape index (κ3) is 4.03. The highest BCUT2D eigenvalue weighted by Crippen LogP contribution is 2.23. The number of fused-ring (bicyclic) bond motifs is 1. The Kier molecular flexibility index (Phi) is 5.31. The van der Waals surface area contributed by atoms with E-state index in [9.17, 15) is 9.59 Å². The highest BCUT2D eigenvalue weighted by molar-refractivity contribution is 6.45. The zero-order valence-electron chi connectivity index (χ0n) is 16.0. The molecule has 1 aromatic heterocycles. The van der Waals surface area contributed by atoms with E-state index in [1.165, 1.54) is 0 Å². The first-order valence-electron chi connectivity index (χ1n) is 9.06. The number of H-pyrrole nitrogens is 1. The molecule has 140 valence electrons. The molecule has 0 saturated carbocycles. The number of para-hydroxylation sites is 1. The Hall–Kier alpha value is -3.08. The van der Waals surface area contributed by atoms with Crippen LogP contribution in [0.3, 0.4) is 0 Å². The SMILES string of the molecule is Cc1[nH]c2ccccc2c1C(=O)C(=O)NC(C)c1ccc(OC(C)C)cc1. The third-order valence-corrected chi connectivity index (χ3v) is 4.43. The molecule has 1 heterocycles. The van der Waals surface area contributed by atoms with Crippen LogP contribution in [0.1, 0.15) is 48.4 Å². The van der Waals surface area contributed by atoms with E-state index < -0.39 is 11.7 Å². The fourth-order valence-corrected chi connectivity index (χ4v) is 3.14. The van der Waals surface area contributed by atoms with Crippen molar-refractivity contribution in [1.82, 2.24) is 10.3 Å². The van der Waals surface area contributed by atoms with E-state index in [1.54, 1.807) is 6.92 Å². The highest BCUT2D eigenvalue weighted by atomic mass is 16.5. The molecule has 0 saturated heterocycles. The molecule has 0 bridgehead atoms. The molecule has 0 spiro atoms. The van der Waals surface area contributed by atoms with Crippen LogP contribution in [-0.4, -0.2) is 22.8 Å². The van der Waals surface area contributed by atoms with Crippen molar-refractivity contribution in [3.63, 3.8) is 0 Å². The van der Waals surface area contributed by atoms with Crippen molar-refractivity contribution in [3.8, 4) is 5.75 Å². The molecule has 0 aliphatic rings. The van der Waals surface area contributed by atoms with Gasteiger partial charge in [-0.2, -0.15) is 0 Å². The Labute approximate surface area is 158 Å². The maximum Gasteiger partial charge on any atom is 0.292 e. The van der Waals surface area contributed by atoms with Crippen LogP contribution in [0.15, 0.2) is 48.5 Å². The zero-order chi connectivity index (χ0) is 19.6. The summed E-state index contributed by atoms with van der Waals surface area (Å²) in [5.41, 5.74) is 2.87. The second kappa shape index (κ2) is 7.66. The summed E-state index contributed by atoms with van der Waals surface area (Å²) < 4.78 is 5.63. The van der Waals surface area contributed by atoms with Gasteiger partial charge in [-0.05, 0) is 51.5 Å². The molecule has 5 nitrogen and oxygen atoms in total. The first kappa shape index (κ1) is 18.7.